The van der Waals surface area contributed by atoms with Crippen LogP contribution in [0.25, 0.3) is 0 Å². The van der Waals surface area contributed by atoms with Crippen LogP contribution in [-0.2, 0) is 4.74 Å². The van der Waals surface area contributed by atoms with Crippen molar-refractivity contribution in [3.8, 4) is 0 Å². The molecule has 0 amide bonds. The lowest BCUT2D eigenvalue weighted by atomic mass is 10.0. The van der Waals surface area contributed by atoms with Gasteiger partial charge < -0.3 is 10.1 Å². The van der Waals surface area contributed by atoms with E-state index in [-0.39, 0.29) is 16.8 Å². The van der Waals surface area contributed by atoms with Crippen LogP contribution in [0.3, 0.4) is 0 Å². The topological polar surface area (TPSA) is 51.2 Å². The van der Waals surface area contributed by atoms with Gasteiger partial charge in [0.15, 0.2) is 5.13 Å². The number of aromatic nitrogens is 1. The summed E-state index contributed by atoms with van der Waals surface area (Å²) < 4.78 is 4.66. The molecule has 94 valence electrons. The molecule has 0 aromatic carbocycles. The Morgan fingerprint density at radius 3 is 2.47 bits per heavy atom. The zero-order chi connectivity index (χ0) is 12.8. The van der Waals surface area contributed by atoms with Gasteiger partial charge in [-0.3, -0.25) is 0 Å². The van der Waals surface area contributed by atoms with Gasteiger partial charge in [0.05, 0.1) is 13.3 Å². The lowest BCUT2D eigenvalue weighted by Gasteiger charge is -2.03. The van der Waals surface area contributed by atoms with E-state index in [4.69, 9.17) is 0 Å². The number of thiazole rings is 1. The first-order valence-corrected chi connectivity index (χ1v) is 6.43. The fourth-order valence-electron chi connectivity index (χ4n) is 2.22. The van der Waals surface area contributed by atoms with Crippen LogP contribution in [0.15, 0.2) is 6.20 Å². The zero-order valence-corrected chi connectivity index (χ0v) is 11.6. The van der Waals surface area contributed by atoms with Crippen LogP contribution in [0.1, 0.15) is 37.4 Å². The highest BCUT2D eigenvalue weighted by atomic mass is 32.1. The fraction of sp³-hybridized carbons (Fsp3) is 0.667. The van der Waals surface area contributed by atoms with Gasteiger partial charge in [-0.1, -0.05) is 39.0 Å². The molecule has 0 spiro atoms. The standard InChI is InChI=1S/C12H18N2O2S/c1-11(2)9(12(11,3)4)14-10-13-6-7(17-10)8(15)16-5/h6,9H,1-5H3,(H,13,14). The quantitative estimate of drug-likeness (QED) is 0.843. The van der Waals surface area contributed by atoms with Gasteiger partial charge in [-0.2, -0.15) is 0 Å². The molecule has 2 rings (SSSR count). The van der Waals surface area contributed by atoms with Crippen molar-refractivity contribution in [1.29, 1.82) is 0 Å². The Morgan fingerprint density at radius 1 is 1.41 bits per heavy atom. The first-order valence-electron chi connectivity index (χ1n) is 5.61. The van der Waals surface area contributed by atoms with Crippen LogP contribution in [0.2, 0.25) is 0 Å². The van der Waals surface area contributed by atoms with E-state index >= 15 is 0 Å². The van der Waals surface area contributed by atoms with Gasteiger partial charge in [0.2, 0.25) is 0 Å². The summed E-state index contributed by atoms with van der Waals surface area (Å²) in [4.78, 5) is 16.0. The lowest BCUT2D eigenvalue weighted by molar-refractivity contribution is 0.0606. The Hall–Kier alpha value is -1.10. The van der Waals surface area contributed by atoms with E-state index in [0.29, 0.717) is 10.9 Å². The number of nitrogens with one attached hydrogen (secondary N) is 1. The highest BCUT2D eigenvalue weighted by molar-refractivity contribution is 7.17. The Kier molecular flexibility index (Phi) is 2.69. The van der Waals surface area contributed by atoms with Gasteiger partial charge >= 0.3 is 5.97 Å². The van der Waals surface area contributed by atoms with Gasteiger partial charge in [0.25, 0.3) is 0 Å². The van der Waals surface area contributed by atoms with Crippen LogP contribution >= 0.6 is 11.3 Å². The number of anilines is 1. The molecule has 1 aromatic heterocycles. The van der Waals surface area contributed by atoms with Crippen LogP contribution in [0.5, 0.6) is 0 Å². The highest BCUT2D eigenvalue weighted by Gasteiger charge is 2.65. The van der Waals surface area contributed by atoms with E-state index in [1.165, 1.54) is 18.4 Å². The number of carbonyl (C=O) groups is 1. The third-order valence-electron chi connectivity index (χ3n) is 4.18. The molecule has 1 aliphatic carbocycles. The minimum Gasteiger partial charge on any atom is -0.465 e. The van der Waals surface area contributed by atoms with Crippen LogP contribution in [-0.4, -0.2) is 24.1 Å². The Balaban J connectivity index is 2.07. The van der Waals surface area contributed by atoms with Crippen LogP contribution in [0, 0.1) is 10.8 Å². The fourth-order valence-corrected chi connectivity index (χ4v) is 2.98. The summed E-state index contributed by atoms with van der Waals surface area (Å²) in [5, 5.41) is 4.18. The van der Waals surface area contributed by atoms with E-state index in [1.54, 1.807) is 6.20 Å². The summed E-state index contributed by atoms with van der Waals surface area (Å²) >= 11 is 1.34. The molecular weight excluding hydrogens is 236 g/mol. The molecular formula is C12H18N2O2S. The van der Waals surface area contributed by atoms with Crippen molar-refractivity contribution in [2.24, 2.45) is 10.8 Å². The molecule has 5 heteroatoms. The molecule has 0 radical (unpaired) electrons. The third kappa shape index (κ3) is 1.82. The molecule has 1 N–H and O–H groups in total. The van der Waals surface area contributed by atoms with E-state index in [2.05, 4.69) is 42.7 Å². The van der Waals surface area contributed by atoms with Gasteiger partial charge in [0.1, 0.15) is 4.88 Å². The number of esters is 1. The predicted octanol–water partition coefficient (Wildman–Crippen LogP) is 2.78. The van der Waals surface area contributed by atoms with Crippen molar-refractivity contribution in [2.75, 3.05) is 12.4 Å². The minimum absolute atomic E-state index is 0.254. The van der Waals surface area contributed by atoms with Gasteiger partial charge in [0, 0.05) is 6.04 Å². The van der Waals surface area contributed by atoms with Crippen molar-refractivity contribution in [3.05, 3.63) is 11.1 Å². The predicted molar refractivity (Wildman–Crippen MR) is 68.4 cm³/mol. The number of methoxy groups -OCH3 is 1. The summed E-state index contributed by atoms with van der Waals surface area (Å²) in [6.45, 7) is 8.94. The average Bonchev–Trinajstić information content (AvgIpc) is 2.64. The number of rotatable bonds is 3. The molecule has 0 atom stereocenters. The van der Waals surface area contributed by atoms with Crippen molar-refractivity contribution >= 4 is 22.4 Å². The minimum atomic E-state index is -0.329. The van der Waals surface area contributed by atoms with Crippen LogP contribution in [0.4, 0.5) is 5.13 Å². The third-order valence-corrected chi connectivity index (χ3v) is 5.09. The summed E-state index contributed by atoms with van der Waals surface area (Å²) in [6, 6.07) is 0.395. The van der Waals surface area contributed by atoms with Crippen molar-refractivity contribution < 1.29 is 9.53 Å². The molecule has 0 aliphatic heterocycles. The Labute approximate surface area is 105 Å². The average molecular weight is 254 g/mol. The number of ether oxygens (including phenoxy) is 1. The molecule has 1 aromatic rings. The van der Waals surface area contributed by atoms with E-state index in [9.17, 15) is 4.79 Å². The molecule has 4 nitrogen and oxygen atoms in total. The number of nitrogens with zero attached hydrogens (tertiary/aromatic N) is 1. The summed E-state index contributed by atoms with van der Waals surface area (Å²) in [5.41, 5.74) is 0.508. The maximum absolute atomic E-state index is 11.3. The normalized spacial score (nSPS) is 21.0. The second-order valence-corrected chi connectivity index (χ2v) is 6.57. The van der Waals surface area contributed by atoms with Crippen molar-refractivity contribution in [2.45, 2.75) is 33.7 Å². The monoisotopic (exact) mass is 254 g/mol. The Bertz CT molecular complexity index is 437. The van der Waals surface area contributed by atoms with Gasteiger partial charge in [-0.25, -0.2) is 9.78 Å². The summed E-state index contributed by atoms with van der Waals surface area (Å²) in [6.07, 6.45) is 1.56. The smallest absolute Gasteiger partial charge is 0.349 e. The van der Waals surface area contributed by atoms with Crippen molar-refractivity contribution in [1.82, 2.24) is 4.98 Å². The molecule has 1 aliphatic rings. The second-order valence-electron chi connectivity index (χ2n) is 5.54. The summed E-state index contributed by atoms with van der Waals surface area (Å²) in [5.74, 6) is -0.329. The Morgan fingerprint density at radius 2 is 2.00 bits per heavy atom. The largest absolute Gasteiger partial charge is 0.465 e. The highest BCUT2D eigenvalue weighted by Crippen LogP contribution is 2.63. The van der Waals surface area contributed by atoms with E-state index in [1.807, 2.05) is 0 Å². The van der Waals surface area contributed by atoms with E-state index < -0.39 is 0 Å². The molecule has 17 heavy (non-hydrogen) atoms. The molecule has 0 unspecified atom stereocenters. The number of carbonyl (C=O) groups excluding carboxylic acids is 1. The first-order chi connectivity index (χ1) is 7.80. The maximum Gasteiger partial charge on any atom is 0.349 e. The van der Waals surface area contributed by atoms with Crippen LogP contribution < -0.4 is 5.32 Å². The first kappa shape index (κ1) is 12.4. The molecule has 0 bridgehead atoms. The van der Waals surface area contributed by atoms with E-state index in [0.717, 1.165) is 5.13 Å². The zero-order valence-electron chi connectivity index (χ0n) is 10.8. The van der Waals surface area contributed by atoms with Gasteiger partial charge in [-0.05, 0) is 10.8 Å². The number of hydrogen-bond donors (Lipinski definition) is 1. The number of hydrogen-bond acceptors (Lipinski definition) is 5. The summed E-state index contributed by atoms with van der Waals surface area (Å²) in [7, 11) is 1.38. The lowest BCUT2D eigenvalue weighted by Crippen LogP contribution is -2.09. The maximum atomic E-state index is 11.3. The SMILES string of the molecule is COC(=O)c1cnc(NC2C(C)(C)C2(C)C)s1. The molecule has 1 saturated carbocycles. The van der Waals surface area contributed by atoms with Gasteiger partial charge in [-0.15, -0.1) is 0 Å². The van der Waals surface area contributed by atoms with Crippen molar-refractivity contribution in [3.63, 3.8) is 0 Å². The second kappa shape index (κ2) is 3.70. The molecule has 1 fully saturated rings. The molecule has 0 saturated heterocycles. The molecule has 1 heterocycles.